The summed E-state index contributed by atoms with van der Waals surface area (Å²) >= 11 is 0. The molecule has 4 heterocycles. The molecular weight excluding hydrogens is 324 g/mol. The third-order valence-electron chi connectivity index (χ3n) is 5.79. The average Bonchev–Trinajstić information content (AvgIpc) is 3.11. The Bertz CT molecular complexity index is 979. The largest absolute Gasteiger partial charge is 0.322 e. The number of aryl methyl sites for hydroxylation is 1. The van der Waals surface area contributed by atoms with Crippen molar-refractivity contribution in [3.63, 3.8) is 0 Å². The monoisotopic (exact) mass is 346 g/mol. The highest BCUT2D eigenvalue weighted by Crippen LogP contribution is 2.38. The lowest BCUT2D eigenvalue weighted by Gasteiger charge is -2.52. The van der Waals surface area contributed by atoms with E-state index in [9.17, 15) is 4.79 Å². The molecule has 132 valence electrons. The first-order chi connectivity index (χ1) is 12.7. The minimum absolute atomic E-state index is 0.0377. The Kier molecular flexibility index (Phi) is 3.48. The molecule has 2 aliphatic heterocycles. The van der Waals surface area contributed by atoms with E-state index in [0.29, 0.717) is 12.1 Å². The molecule has 2 aliphatic rings. The van der Waals surface area contributed by atoms with Crippen LogP contribution in [0, 0.1) is 6.92 Å². The zero-order valence-corrected chi connectivity index (χ0v) is 14.9. The SMILES string of the molecule is Cc1ccc(NC(=O)N2C3CCCC2C3)cc1-c1ccn2cccc2n1. The van der Waals surface area contributed by atoms with Gasteiger partial charge < -0.3 is 14.6 Å². The van der Waals surface area contributed by atoms with Crippen LogP contribution in [0.2, 0.25) is 0 Å². The highest BCUT2D eigenvalue weighted by atomic mass is 16.2. The molecule has 2 bridgehead atoms. The van der Waals surface area contributed by atoms with Gasteiger partial charge in [0.2, 0.25) is 0 Å². The van der Waals surface area contributed by atoms with E-state index in [0.717, 1.165) is 41.0 Å². The van der Waals surface area contributed by atoms with Crippen molar-refractivity contribution >= 4 is 17.4 Å². The van der Waals surface area contributed by atoms with E-state index < -0.39 is 0 Å². The molecule has 2 atom stereocenters. The van der Waals surface area contributed by atoms with Crippen LogP contribution in [0.4, 0.5) is 10.5 Å². The number of piperidine rings is 1. The highest BCUT2D eigenvalue weighted by Gasteiger charge is 2.44. The molecule has 5 rings (SSSR count). The molecule has 0 saturated carbocycles. The molecule has 2 aromatic heterocycles. The smallest absolute Gasteiger partial charge is 0.318 e. The van der Waals surface area contributed by atoms with Gasteiger partial charge in [-0.3, -0.25) is 0 Å². The maximum atomic E-state index is 12.7. The van der Waals surface area contributed by atoms with E-state index in [2.05, 4.69) is 12.2 Å². The molecular formula is C21H22N4O. The van der Waals surface area contributed by atoms with Gasteiger partial charge >= 0.3 is 6.03 Å². The van der Waals surface area contributed by atoms with E-state index >= 15 is 0 Å². The Morgan fingerprint density at radius 1 is 1.15 bits per heavy atom. The van der Waals surface area contributed by atoms with E-state index in [-0.39, 0.29) is 6.03 Å². The molecule has 5 nitrogen and oxygen atoms in total. The van der Waals surface area contributed by atoms with Gasteiger partial charge in [0.05, 0.1) is 5.69 Å². The van der Waals surface area contributed by atoms with Crippen molar-refractivity contribution in [3.8, 4) is 11.3 Å². The van der Waals surface area contributed by atoms with Crippen molar-refractivity contribution in [3.05, 3.63) is 54.4 Å². The number of hydrogen-bond donors (Lipinski definition) is 1. The van der Waals surface area contributed by atoms with Crippen molar-refractivity contribution in [2.75, 3.05) is 5.32 Å². The van der Waals surface area contributed by atoms with Gasteiger partial charge in [-0.25, -0.2) is 9.78 Å². The molecule has 0 spiro atoms. The summed E-state index contributed by atoms with van der Waals surface area (Å²) in [6.45, 7) is 2.07. The fourth-order valence-corrected chi connectivity index (χ4v) is 4.37. The first kappa shape index (κ1) is 15.4. The minimum atomic E-state index is 0.0377. The number of nitrogens with one attached hydrogen (secondary N) is 1. The maximum absolute atomic E-state index is 12.7. The molecule has 2 fully saturated rings. The number of urea groups is 1. The average molecular weight is 346 g/mol. The third kappa shape index (κ3) is 2.46. The zero-order chi connectivity index (χ0) is 17.7. The zero-order valence-electron chi connectivity index (χ0n) is 14.9. The normalized spacial score (nSPS) is 21.5. The molecule has 1 aromatic carbocycles. The van der Waals surface area contributed by atoms with E-state index in [1.165, 1.54) is 12.8 Å². The predicted octanol–water partition coefficient (Wildman–Crippen LogP) is 4.47. The lowest BCUT2D eigenvalue weighted by atomic mass is 9.80. The Balaban J connectivity index is 1.42. The maximum Gasteiger partial charge on any atom is 0.322 e. The van der Waals surface area contributed by atoms with Crippen molar-refractivity contribution < 1.29 is 4.79 Å². The fourth-order valence-electron chi connectivity index (χ4n) is 4.37. The van der Waals surface area contributed by atoms with Crippen LogP contribution in [-0.2, 0) is 0 Å². The number of benzene rings is 1. The standard InChI is InChI=1S/C21H22N4O/c1-14-7-8-15(22-21(26)25-16-4-2-5-17(25)13-16)12-18(14)19-9-11-24-10-3-6-20(24)23-19/h3,6-12,16-17H,2,4-5,13H2,1H3,(H,22,26). The van der Waals surface area contributed by atoms with Gasteiger partial charge in [-0.1, -0.05) is 6.07 Å². The number of rotatable bonds is 2. The van der Waals surface area contributed by atoms with Crippen molar-refractivity contribution in [2.24, 2.45) is 0 Å². The summed E-state index contributed by atoms with van der Waals surface area (Å²) in [5.41, 5.74) is 4.87. The van der Waals surface area contributed by atoms with Crippen molar-refractivity contribution in [1.82, 2.24) is 14.3 Å². The number of aromatic nitrogens is 2. The van der Waals surface area contributed by atoms with Crippen LogP contribution in [0.5, 0.6) is 0 Å². The van der Waals surface area contributed by atoms with Crippen molar-refractivity contribution in [2.45, 2.75) is 44.7 Å². The van der Waals surface area contributed by atoms with E-state index in [1.807, 2.05) is 58.1 Å². The Labute approximate surface area is 152 Å². The first-order valence-corrected chi connectivity index (χ1v) is 9.33. The van der Waals surface area contributed by atoms with Crippen LogP contribution >= 0.6 is 0 Å². The summed E-state index contributed by atoms with van der Waals surface area (Å²) < 4.78 is 1.99. The van der Waals surface area contributed by atoms with Crippen LogP contribution in [0.3, 0.4) is 0 Å². The minimum Gasteiger partial charge on any atom is -0.318 e. The lowest BCUT2D eigenvalue weighted by Crippen LogP contribution is -2.62. The van der Waals surface area contributed by atoms with Gasteiger partial charge in [-0.05, 0) is 68.5 Å². The molecule has 26 heavy (non-hydrogen) atoms. The number of nitrogens with zero attached hydrogens (tertiary/aromatic N) is 3. The Morgan fingerprint density at radius 3 is 2.81 bits per heavy atom. The quantitative estimate of drug-likeness (QED) is 0.744. The molecule has 0 radical (unpaired) electrons. The topological polar surface area (TPSA) is 49.6 Å². The van der Waals surface area contributed by atoms with Gasteiger partial charge in [0, 0.05) is 35.7 Å². The van der Waals surface area contributed by atoms with Gasteiger partial charge in [0.15, 0.2) is 0 Å². The molecule has 3 aromatic rings. The Hall–Kier alpha value is -2.82. The van der Waals surface area contributed by atoms with E-state index in [1.54, 1.807) is 0 Å². The van der Waals surface area contributed by atoms with Crippen LogP contribution in [0.1, 0.15) is 31.2 Å². The number of fused-ring (bicyclic) bond motifs is 3. The molecule has 2 unspecified atom stereocenters. The highest BCUT2D eigenvalue weighted by molar-refractivity contribution is 5.91. The molecule has 1 N–H and O–H groups in total. The fraction of sp³-hybridized carbons (Fsp3) is 0.333. The number of anilines is 1. The summed E-state index contributed by atoms with van der Waals surface area (Å²) in [6, 6.07) is 13.0. The van der Waals surface area contributed by atoms with Crippen LogP contribution in [0.25, 0.3) is 16.9 Å². The second-order valence-electron chi connectivity index (χ2n) is 7.43. The number of amides is 2. The van der Waals surface area contributed by atoms with E-state index in [4.69, 9.17) is 4.98 Å². The Morgan fingerprint density at radius 2 is 2.00 bits per heavy atom. The number of carbonyl (C=O) groups excluding carboxylic acids is 1. The summed E-state index contributed by atoms with van der Waals surface area (Å²) in [5, 5.41) is 3.10. The predicted molar refractivity (Wildman–Crippen MR) is 102 cm³/mol. The van der Waals surface area contributed by atoms with Crippen LogP contribution in [-0.4, -0.2) is 32.4 Å². The molecule has 0 aliphatic carbocycles. The van der Waals surface area contributed by atoms with Gasteiger partial charge in [-0.2, -0.15) is 0 Å². The summed E-state index contributed by atoms with van der Waals surface area (Å²) in [5.74, 6) is 0. The summed E-state index contributed by atoms with van der Waals surface area (Å²) in [7, 11) is 0. The van der Waals surface area contributed by atoms with Gasteiger partial charge in [0.25, 0.3) is 0 Å². The van der Waals surface area contributed by atoms with Crippen molar-refractivity contribution in [1.29, 1.82) is 0 Å². The number of hydrogen-bond acceptors (Lipinski definition) is 2. The third-order valence-corrected chi connectivity index (χ3v) is 5.79. The molecule has 2 saturated heterocycles. The lowest BCUT2D eigenvalue weighted by molar-refractivity contribution is 0.0173. The van der Waals surface area contributed by atoms with Crippen LogP contribution in [0.15, 0.2) is 48.8 Å². The molecule has 5 heteroatoms. The molecule has 2 amide bonds. The summed E-state index contributed by atoms with van der Waals surface area (Å²) in [4.78, 5) is 19.4. The summed E-state index contributed by atoms with van der Waals surface area (Å²) in [6.07, 6.45) is 8.72. The number of carbonyl (C=O) groups is 1. The van der Waals surface area contributed by atoms with Gasteiger partial charge in [-0.15, -0.1) is 0 Å². The second-order valence-corrected chi connectivity index (χ2v) is 7.43. The first-order valence-electron chi connectivity index (χ1n) is 9.33. The van der Waals surface area contributed by atoms with Gasteiger partial charge in [0.1, 0.15) is 5.65 Å². The van der Waals surface area contributed by atoms with Crippen LogP contribution < -0.4 is 5.32 Å². The second kappa shape index (κ2) is 5.87.